The number of anilines is 1. The van der Waals surface area contributed by atoms with E-state index in [1.807, 2.05) is 7.05 Å². The van der Waals surface area contributed by atoms with Gasteiger partial charge >= 0.3 is 0 Å². The topological polar surface area (TPSA) is 78.5 Å². The fourth-order valence-electron chi connectivity index (χ4n) is 3.06. The molecule has 1 aliphatic heterocycles. The van der Waals surface area contributed by atoms with Gasteiger partial charge in [0.05, 0.1) is 4.90 Å². The number of hydrogen-bond acceptors (Lipinski definition) is 4. The number of piperidine rings is 1. The van der Waals surface area contributed by atoms with E-state index < -0.39 is 21.7 Å². The maximum absolute atomic E-state index is 12.9. The summed E-state index contributed by atoms with van der Waals surface area (Å²) in [7, 11) is -1.74. The van der Waals surface area contributed by atoms with Crippen LogP contribution in [0.3, 0.4) is 0 Å². The van der Waals surface area contributed by atoms with Crippen molar-refractivity contribution in [1.82, 2.24) is 9.62 Å². The monoisotopic (exact) mass is 427 g/mol. The van der Waals surface area contributed by atoms with Crippen LogP contribution in [-0.2, 0) is 10.0 Å². The van der Waals surface area contributed by atoms with E-state index in [4.69, 9.17) is 0 Å². The van der Waals surface area contributed by atoms with E-state index in [1.165, 1.54) is 40.7 Å². The quantitative estimate of drug-likeness (QED) is 0.769. The van der Waals surface area contributed by atoms with Crippen LogP contribution in [0, 0.1) is 5.82 Å². The van der Waals surface area contributed by atoms with Gasteiger partial charge in [-0.3, -0.25) is 4.79 Å². The fraction of sp³-hybridized carbons (Fsp3) is 0.316. The highest BCUT2D eigenvalue weighted by molar-refractivity contribution is 7.89. The lowest BCUT2D eigenvalue weighted by Crippen LogP contribution is -2.46. The molecule has 1 unspecified atom stereocenters. The molecule has 1 saturated heterocycles. The normalized spacial score (nSPS) is 17.6. The first kappa shape index (κ1) is 22.3. The van der Waals surface area contributed by atoms with Gasteiger partial charge in [0.25, 0.3) is 5.91 Å². The molecule has 0 aliphatic carbocycles. The SMILES string of the molecule is CNC1CCCN(S(=O)(=O)c2ccc(NC(=O)c3ccc(F)cc3)cc2)C1.Cl. The van der Waals surface area contributed by atoms with Crippen molar-refractivity contribution in [3.8, 4) is 0 Å². The Morgan fingerprint density at radius 1 is 1.11 bits per heavy atom. The Morgan fingerprint density at radius 3 is 2.36 bits per heavy atom. The van der Waals surface area contributed by atoms with Crippen molar-refractivity contribution in [2.75, 3.05) is 25.5 Å². The molecule has 3 rings (SSSR count). The van der Waals surface area contributed by atoms with Gasteiger partial charge in [-0.05, 0) is 68.4 Å². The molecule has 0 spiro atoms. The fourth-order valence-corrected chi connectivity index (χ4v) is 4.58. The molecule has 2 N–H and O–H groups in total. The standard InChI is InChI=1S/C19H22FN3O3S.ClH/c1-21-17-3-2-12-23(13-17)27(25,26)18-10-8-16(9-11-18)22-19(24)14-4-6-15(20)7-5-14;/h4-11,17,21H,2-3,12-13H2,1H3,(H,22,24);1H. The third-order valence-electron chi connectivity index (χ3n) is 4.65. The second-order valence-corrected chi connectivity index (χ2v) is 8.41. The summed E-state index contributed by atoms with van der Waals surface area (Å²) in [5, 5.41) is 5.80. The van der Waals surface area contributed by atoms with Gasteiger partial charge in [-0.1, -0.05) is 0 Å². The van der Waals surface area contributed by atoms with Crippen LogP contribution in [0.5, 0.6) is 0 Å². The third kappa shape index (κ3) is 5.08. The Kier molecular flexibility index (Phi) is 7.54. The number of likely N-dealkylation sites (N-methyl/N-ethyl adjacent to an activating group) is 1. The molecule has 1 aliphatic rings. The molecule has 1 atom stereocenters. The number of nitrogens with zero attached hydrogens (tertiary/aromatic N) is 1. The van der Waals surface area contributed by atoms with E-state index in [0.29, 0.717) is 24.3 Å². The van der Waals surface area contributed by atoms with Crippen molar-refractivity contribution >= 4 is 34.0 Å². The summed E-state index contributed by atoms with van der Waals surface area (Å²) in [6.45, 7) is 0.950. The van der Waals surface area contributed by atoms with Gasteiger partial charge in [0.2, 0.25) is 10.0 Å². The van der Waals surface area contributed by atoms with E-state index in [0.717, 1.165) is 12.8 Å². The molecule has 9 heteroatoms. The molecule has 0 bridgehead atoms. The summed E-state index contributed by atoms with van der Waals surface area (Å²) < 4.78 is 40.0. The molecule has 2 aromatic carbocycles. The largest absolute Gasteiger partial charge is 0.322 e. The number of amides is 1. The second-order valence-electron chi connectivity index (χ2n) is 6.48. The Morgan fingerprint density at radius 2 is 1.75 bits per heavy atom. The summed E-state index contributed by atoms with van der Waals surface area (Å²) in [4.78, 5) is 12.4. The number of halogens is 2. The molecule has 1 heterocycles. The minimum atomic E-state index is -3.57. The number of rotatable bonds is 5. The van der Waals surface area contributed by atoms with Crippen LogP contribution in [0.1, 0.15) is 23.2 Å². The van der Waals surface area contributed by atoms with E-state index in [2.05, 4.69) is 10.6 Å². The maximum Gasteiger partial charge on any atom is 0.255 e. The molecule has 1 amide bonds. The van der Waals surface area contributed by atoms with E-state index in [-0.39, 0.29) is 23.3 Å². The summed E-state index contributed by atoms with van der Waals surface area (Å²) in [6, 6.07) is 11.4. The predicted molar refractivity (Wildman–Crippen MR) is 109 cm³/mol. The number of carbonyl (C=O) groups is 1. The zero-order valence-corrected chi connectivity index (χ0v) is 17.0. The van der Waals surface area contributed by atoms with Crippen LogP contribution in [-0.4, -0.2) is 44.8 Å². The average Bonchev–Trinajstić information content (AvgIpc) is 2.69. The van der Waals surface area contributed by atoms with Gasteiger partial charge < -0.3 is 10.6 Å². The Bertz CT molecular complexity index is 905. The maximum atomic E-state index is 12.9. The molecule has 0 radical (unpaired) electrons. The Labute approximate surface area is 170 Å². The van der Waals surface area contributed by atoms with Gasteiger partial charge in [-0.25, -0.2) is 12.8 Å². The van der Waals surface area contributed by atoms with Crippen molar-refractivity contribution < 1.29 is 17.6 Å². The Hall–Kier alpha value is -2.00. The lowest BCUT2D eigenvalue weighted by atomic mass is 10.1. The van der Waals surface area contributed by atoms with Crippen LogP contribution in [0.25, 0.3) is 0 Å². The molecule has 6 nitrogen and oxygen atoms in total. The molecular formula is C19H23ClFN3O3S. The van der Waals surface area contributed by atoms with Crippen molar-refractivity contribution in [3.63, 3.8) is 0 Å². The Balaban J connectivity index is 0.00000280. The van der Waals surface area contributed by atoms with Crippen molar-refractivity contribution in [2.24, 2.45) is 0 Å². The molecule has 2 aromatic rings. The van der Waals surface area contributed by atoms with Crippen molar-refractivity contribution in [3.05, 3.63) is 59.9 Å². The van der Waals surface area contributed by atoms with Crippen LogP contribution < -0.4 is 10.6 Å². The van der Waals surface area contributed by atoms with Crippen molar-refractivity contribution in [1.29, 1.82) is 0 Å². The summed E-state index contributed by atoms with van der Waals surface area (Å²) in [5.41, 5.74) is 0.787. The highest BCUT2D eigenvalue weighted by Gasteiger charge is 2.29. The summed E-state index contributed by atoms with van der Waals surface area (Å²) in [5.74, 6) is -0.808. The van der Waals surface area contributed by atoms with E-state index in [9.17, 15) is 17.6 Å². The number of carbonyl (C=O) groups excluding carboxylic acids is 1. The summed E-state index contributed by atoms with van der Waals surface area (Å²) >= 11 is 0. The zero-order chi connectivity index (χ0) is 19.4. The first-order chi connectivity index (χ1) is 12.9. The van der Waals surface area contributed by atoms with Gasteiger partial charge in [-0.2, -0.15) is 4.31 Å². The van der Waals surface area contributed by atoms with Crippen LogP contribution >= 0.6 is 12.4 Å². The molecule has 152 valence electrons. The zero-order valence-electron chi connectivity index (χ0n) is 15.4. The first-order valence-corrected chi connectivity index (χ1v) is 10.2. The average molecular weight is 428 g/mol. The molecule has 0 saturated carbocycles. The second kappa shape index (κ2) is 9.47. The van der Waals surface area contributed by atoms with Crippen molar-refractivity contribution in [2.45, 2.75) is 23.8 Å². The number of hydrogen-bond donors (Lipinski definition) is 2. The van der Waals surface area contributed by atoms with E-state index >= 15 is 0 Å². The van der Waals surface area contributed by atoms with Crippen LogP contribution in [0.15, 0.2) is 53.4 Å². The van der Waals surface area contributed by atoms with Gasteiger partial charge in [0.15, 0.2) is 0 Å². The summed E-state index contributed by atoms with van der Waals surface area (Å²) in [6.07, 6.45) is 1.77. The predicted octanol–water partition coefficient (Wildman–Crippen LogP) is 2.87. The number of sulfonamides is 1. The molecule has 0 aromatic heterocycles. The van der Waals surface area contributed by atoms with Gasteiger partial charge in [0, 0.05) is 30.4 Å². The molecular weight excluding hydrogens is 405 g/mol. The molecule has 1 fully saturated rings. The minimum absolute atomic E-state index is 0. The highest BCUT2D eigenvalue weighted by atomic mass is 35.5. The van der Waals surface area contributed by atoms with Gasteiger partial charge in [-0.15, -0.1) is 12.4 Å². The smallest absolute Gasteiger partial charge is 0.255 e. The lowest BCUT2D eigenvalue weighted by molar-refractivity contribution is 0.102. The molecule has 28 heavy (non-hydrogen) atoms. The van der Waals surface area contributed by atoms with Crippen LogP contribution in [0.4, 0.5) is 10.1 Å². The lowest BCUT2D eigenvalue weighted by Gasteiger charge is -2.31. The van der Waals surface area contributed by atoms with Gasteiger partial charge in [0.1, 0.15) is 5.82 Å². The van der Waals surface area contributed by atoms with E-state index in [1.54, 1.807) is 12.1 Å². The highest BCUT2D eigenvalue weighted by Crippen LogP contribution is 2.22. The number of nitrogens with one attached hydrogen (secondary N) is 2. The first-order valence-electron chi connectivity index (χ1n) is 8.74. The van der Waals surface area contributed by atoms with Crippen LogP contribution in [0.2, 0.25) is 0 Å². The minimum Gasteiger partial charge on any atom is -0.322 e. The number of benzene rings is 2. The third-order valence-corrected chi connectivity index (χ3v) is 6.53.